The Hall–Kier alpha value is -2.94. The van der Waals surface area contributed by atoms with Crippen LogP contribution < -0.4 is 19.1 Å². The van der Waals surface area contributed by atoms with Crippen LogP contribution in [-0.2, 0) is 16.6 Å². The van der Waals surface area contributed by atoms with Crippen LogP contribution in [0.15, 0.2) is 60.7 Å². The summed E-state index contributed by atoms with van der Waals surface area (Å²) in [5.74, 6) is 0.100. The third-order valence-corrected chi connectivity index (χ3v) is 7.00. The van der Waals surface area contributed by atoms with Crippen molar-refractivity contribution in [2.24, 2.45) is 0 Å². The zero-order chi connectivity index (χ0) is 25.8. The molecule has 1 amide bonds. The number of nitrogens with zero attached hydrogens (tertiary/aromatic N) is 1. The highest BCUT2D eigenvalue weighted by Crippen LogP contribution is 2.37. The molecule has 35 heavy (non-hydrogen) atoms. The van der Waals surface area contributed by atoms with E-state index in [1.54, 1.807) is 36.4 Å². The van der Waals surface area contributed by atoms with Gasteiger partial charge in [0.1, 0.15) is 0 Å². The van der Waals surface area contributed by atoms with Gasteiger partial charge in [0.05, 0.1) is 44.3 Å². The largest absolute Gasteiger partial charge is 0.493 e. The lowest BCUT2D eigenvalue weighted by Crippen LogP contribution is -2.33. The Bertz CT molecular complexity index is 1300. The average Bonchev–Trinajstić information content (AvgIpc) is 2.82. The van der Waals surface area contributed by atoms with E-state index >= 15 is 0 Å². The number of methoxy groups -OCH3 is 2. The van der Waals surface area contributed by atoms with Gasteiger partial charge in [0.15, 0.2) is 11.5 Å². The highest BCUT2D eigenvalue weighted by atomic mass is 35.5. The Balaban J connectivity index is 2.07. The molecule has 0 radical (unpaired) electrons. The molecule has 1 N–H and O–H groups in total. The number of carbonyl (C=O) groups excluding carboxylic acids is 1. The summed E-state index contributed by atoms with van der Waals surface area (Å²) in [5, 5.41) is 4.03. The first kappa shape index (κ1) is 26.7. The van der Waals surface area contributed by atoms with E-state index in [-0.39, 0.29) is 29.6 Å². The molecule has 1 unspecified atom stereocenters. The van der Waals surface area contributed by atoms with Crippen LogP contribution in [-0.4, -0.2) is 34.8 Å². The number of benzene rings is 3. The summed E-state index contributed by atoms with van der Waals surface area (Å²) in [4.78, 5) is 13.4. The molecule has 7 nitrogen and oxygen atoms in total. The molecule has 3 rings (SSSR count). The Morgan fingerprint density at radius 2 is 1.46 bits per heavy atom. The molecule has 3 aromatic rings. The summed E-state index contributed by atoms with van der Waals surface area (Å²) in [7, 11) is -0.922. The fourth-order valence-electron chi connectivity index (χ4n) is 3.50. The maximum absolute atomic E-state index is 13.4. The number of anilines is 1. The van der Waals surface area contributed by atoms with Crippen LogP contribution in [0.1, 0.15) is 34.5 Å². The summed E-state index contributed by atoms with van der Waals surface area (Å²) in [5.41, 5.74) is 1.80. The second-order valence-electron chi connectivity index (χ2n) is 7.87. The first-order valence-corrected chi connectivity index (χ1v) is 13.2. The Morgan fingerprint density at radius 3 is 1.97 bits per heavy atom. The van der Waals surface area contributed by atoms with Crippen LogP contribution in [0.25, 0.3) is 0 Å². The molecule has 3 aromatic carbocycles. The molecule has 0 aromatic heterocycles. The van der Waals surface area contributed by atoms with Gasteiger partial charge in [-0.1, -0.05) is 47.5 Å². The van der Waals surface area contributed by atoms with Gasteiger partial charge >= 0.3 is 0 Å². The van der Waals surface area contributed by atoms with Crippen molar-refractivity contribution in [2.45, 2.75) is 19.5 Å². The van der Waals surface area contributed by atoms with Crippen molar-refractivity contribution in [1.82, 2.24) is 5.32 Å². The normalized spacial score (nSPS) is 12.1. The van der Waals surface area contributed by atoms with Crippen molar-refractivity contribution in [2.75, 3.05) is 24.8 Å². The number of halogens is 2. The van der Waals surface area contributed by atoms with Crippen LogP contribution in [0.2, 0.25) is 10.0 Å². The van der Waals surface area contributed by atoms with Crippen molar-refractivity contribution in [3.63, 3.8) is 0 Å². The molecule has 0 bridgehead atoms. The minimum atomic E-state index is -3.80. The fourth-order valence-corrected chi connectivity index (χ4v) is 4.65. The van der Waals surface area contributed by atoms with Gasteiger partial charge in [-0.3, -0.25) is 9.10 Å². The number of hydrogen-bond acceptors (Lipinski definition) is 5. The molecule has 10 heteroatoms. The van der Waals surface area contributed by atoms with Crippen molar-refractivity contribution in [3.05, 3.63) is 87.4 Å². The van der Waals surface area contributed by atoms with E-state index in [0.717, 1.165) is 16.1 Å². The third kappa shape index (κ3) is 6.60. The van der Waals surface area contributed by atoms with Crippen LogP contribution in [0.3, 0.4) is 0 Å². The molecule has 0 spiro atoms. The maximum atomic E-state index is 13.4. The standard InChI is InChI=1S/C25H26Cl2N2O5S/c1-16(18-7-11-20(27)12-8-18)28-25(30)21-13-23(33-2)24(34-3)14-22(21)29(35(4,31)32)15-17-5-9-19(26)10-6-17/h5-14,16H,15H2,1-4H3,(H,28,30). The molecule has 186 valence electrons. The van der Waals surface area contributed by atoms with Gasteiger partial charge in [0.25, 0.3) is 5.91 Å². The zero-order valence-electron chi connectivity index (χ0n) is 19.7. The van der Waals surface area contributed by atoms with Crippen molar-refractivity contribution >= 4 is 44.8 Å². The van der Waals surface area contributed by atoms with Crippen LogP contribution >= 0.6 is 23.2 Å². The van der Waals surface area contributed by atoms with Gasteiger partial charge in [-0.05, 0) is 48.4 Å². The Kier molecular flexibility index (Phi) is 8.53. The van der Waals surface area contributed by atoms with Gasteiger partial charge in [-0.15, -0.1) is 0 Å². The number of hydrogen-bond donors (Lipinski definition) is 1. The first-order valence-electron chi connectivity index (χ1n) is 10.6. The molecule has 0 fully saturated rings. The predicted octanol–water partition coefficient (Wildman–Crippen LogP) is 5.47. The summed E-state index contributed by atoms with van der Waals surface area (Å²) in [6.45, 7) is 1.81. The number of amides is 1. The van der Waals surface area contributed by atoms with Crippen molar-refractivity contribution < 1.29 is 22.7 Å². The topological polar surface area (TPSA) is 84.9 Å². The minimum Gasteiger partial charge on any atom is -0.493 e. The first-order chi connectivity index (χ1) is 16.5. The SMILES string of the molecule is COc1cc(C(=O)NC(C)c2ccc(Cl)cc2)c(N(Cc2ccc(Cl)cc2)S(C)(=O)=O)cc1OC. The summed E-state index contributed by atoms with van der Waals surface area (Å²) in [6, 6.07) is 16.5. The van der Waals surface area contributed by atoms with E-state index in [1.165, 1.54) is 26.4 Å². The summed E-state index contributed by atoms with van der Waals surface area (Å²) < 4.78 is 37.7. The molecular formula is C25H26Cl2N2O5S. The summed E-state index contributed by atoms with van der Waals surface area (Å²) >= 11 is 12.0. The van der Waals surface area contributed by atoms with Crippen molar-refractivity contribution in [3.8, 4) is 11.5 Å². The highest BCUT2D eigenvalue weighted by molar-refractivity contribution is 7.92. The number of sulfonamides is 1. The predicted molar refractivity (Wildman–Crippen MR) is 139 cm³/mol. The zero-order valence-corrected chi connectivity index (χ0v) is 22.0. The smallest absolute Gasteiger partial charge is 0.254 e. The molecule has 1 atom stereocenters. The second-order valence-corrected chi connectivity index (χ2v) is 10.6. The maximum Gasteiger partial charge on any atom is 0.254 e. The molecule has 0 aliphatic rings. The van der Waals surface area contributed by atoms with Crippen LogP contribution in [0.4, 0.5) is 5.69 Å². The van der Waals surface area contributed by atoms with E-state index in [0.29, 0.717) is 21.4 Å². The van der Waals surface area contributed by atoms with Gasteiger partial charge in [0, 0.05) is 16.1 Å². The van der Waals surface area contributed by atoms with Gasteiger partial charge < -0.3 is 14.8 Å². The van der Waals surface area contributed by atoms with E-state index in [1.807, 2.05) is 19.1 Å². The van der Waals surface area contributed by atoms with Gasteiger partial charge in [-0.2, -0.15) is 0 Å². The van der Waals surface area contributed by atoms with Crippen molar-refractivity contribution in [1.29, 1.82) is 0 Å². The number of carbonyl (C=O) groups is 1. The van der Waals surface area contributed by atoms with E-state index in [9.17, 15) is 13.2 Å². The van der Waals surface area contributed by atoms with Gasteiger partial charge in [-0.25, -0.2) is 8.42 Å². The minimum absolute atomic E-state index is 0.0154. The summed E-state index contributed by atoms with van der Waals surface area (Å²) in [6.07, 6.45) is 1.08. The highest BCUT2D eigenvalue weighted by Gasteiger charge is 2.27. The molecule has 0 heterocycles. The van der Waals surface area contributed by atoms with Gasteiger partial charge in [0.2, 0.25) is 10.0 Å². The molecule has 0 aliphatic heterocycles. The Morgan fingerprint density at radius 1 is 0.943 bits per heavy atom. The molecule has 0 saturated heterocycles. The molecule has 0 saturated carbocycles. The van der Waals surface area contributed by atoms with Crippen LogP contribution in [0, 0.1) is 0 Å². The fraction of sp³-hybridized carbons (Fsp3) is 0.240. The number of nitrogens with one attached hydrogen (secondary N) is 1. The second kappa shape index (κ2) is 11.2. The monoisotopic (exact) mass is 536 g/mol. The molecular weight excluding hydrogens is 511 g/mol. The van der Waals surface area contributed by atoms with E-state index in [4.69, 9.17) is 32.7 Å². The lowest BCUT2D eigenvalue weighted by Gasteiger charge is -2.26. The number of rotatable bonds is 9. The molecule has 0 aliphatic carbocycles. The average molecular weight is 537 g/mol. The lowest BCUT2D eigenvalue weighted by molar-refractivity contribution is 0.0940. The quantitative estimate of drug-likeness (QED) is 0.392. The Labute approximate surface area is 215 Å². The number of ether oxygens (including phenoxy) is 2. The van der Waals surface area contributed by atoms with Crippen LogP contribution in [0.5, 0.6) is 11.5 Å². The van der Waals surface area contributed by atoms with E-state index in [2.05, 4.69) is 5.32 Å². The van der Waals surface area contributed by atoms with E-state index < -0.39 is 15.9 Å². The lowest BCUT2D eigenvalue weighted by atomic mass is 10.1. The third-order valence-electron chi connectivity index (χ3n) is 5.37.